The van der Waals surface area contributed by atoms with E-state index in [0.29, 0.717) is 17.9 Å². The summed E-state index contributed by atoms with van der Waals surface area (Å²) in [4.78, 5) is 2.27. The lowest BCUT2D eigenvalue weighted by molar-refractivity contribution is -0.108. The minimum Gasteiger partial charge on any atom is -0.395 e. The Kier molecular flexibility index (Phi) is 3.57. The number of aliphatic hydroxyl groups is 2. The number of β-amino-alcohol motifs (C(OH)–C–C–N with tert-alkyl or cyclic N) is 1. The van der Waals surface area contributed by atoms with E-state index in [-0.39, 0.29) is 6.61 Å². The van der Waals surface area contributed by atoms with E-state index in [1.54, 1.807) is 0 Å². The van der Waals surface area contributed by atoms with Gasteiger partial charge in [-0.15, -0.1) is 0 Å². The summed E-state index contributed by atoms with van der Waals surface area (Å²) in [7, 11) is 0. The molecular weight excluding hydrogens is 202 g/mol. The van der Waals surface area contributed by atoms with E-state index in [9.17, 15) is 10.2 Å². The van der Waals surface area contributed by atoms with E-state index in [1.807, 2.05) is 0 Å². The molecule has 2 rings (SSSR count). The Hall–Kier alpha value is -0.120. The van der Waals surface area contributed by atoms with Gasteiger partial charge in [0.1, 0.15) is 0 Å². The van der Waals surface area contributed by atoms with Crippen molar-refractivity contribution >= 4 is 0 Å². The molecule has 94 valence electrons. The van der Waals surface area contributed by atoms with Crippen molar-refractivity contribution in [3.63, 3.8) is 0 Å². The maximum atomic E-state index is 10.4. The molecule has 1 atom stereocenters. The largest absolute Gasteiger partial charge is 0.395 e. The van der Waals surface area contributed by atoms with Gasteiger partial charge < -0.3 is 10.2 Å². The zero-order valence-corrected chi connectivity index (χ0v) is 10.5. The van der Waals surface area contributed by atoms with Gasteiger partial charge in [0.2, 0.25) is 0 Å². The average Bonchev–Trinajstić information content (AvgIpc) is 2.60. The van der Waals surface area contributed by atoms with Gasteiger partial charge in [0, 0.05) is 12.6 Å². The maximum absolute atomic E-state index is 10.4. The van der Waals surface area contributed by atoms with Gasteiger partial charge in [0.25, 0.3) is 0 Å². The average molecular weight is 227 g/mol. The van der Waals surface area contributed by atoms with Crippen LogP contribution in [-0.2, 0) is 0 Å². The molecule has 0 aromatic heterocycles. The monoisotopic (exact) mass is 227 g/mol. The Morgan fingerprint density at radius 3 is 2.62 bits per heavy atom. The maximum Gasteiger partial charge on any atom is 0.0779 e. The third-order valence-electron chi connectivity index (χ3n) is 4.43. The van der Waals surface area contributed by atoms with Gasteiger partial charge in [-0.25, -0.2) is 0 Å². The molecule has 2 N–H and O–H groups in total. The molecule has 0 radical (unpaired) electrons. The SMILES string of the molecule is CC(C)[C@H]1C[C@](O)(CN2CCC[C@H]2CO)C1. The fraction of sp³-hybridized carbons (Fsp3) is 1.00. The summed E-state index contributed by atoms with van der Waals surface area (Å²) in [5.74, 6) is 1.38. The molecule has 0 bridgehead atoms. The molecule has 3 nitrogen and oxygen atoms in total. The first-order valence-corrected chi connectivity index (χ1v) is 6.61. The van der Waals surface area contributed by atoms with Crippen LogP contribution in [0.2, 0.25) is 0 Å². The summed E-state index contributed by atoms with van der Waals surface area (Å²) < 4.78 is 0. The first-order chi connectivity index (χ1) is 7.54. The number of nitrogens with zero attached hydrogens (tertiary/aromatic N) is 1. The molecule has 0 spiro atoms. The van der Waals surface area contributed by atoms with Gasteiger partial charge in [-0.2, -0.15) is 0 Å². The Morgan fingerprint density at radius 1 is 1.38 bits per heavy atom. The zero-order valence-electron chi connectivity index (χ0n) is 10.5. The molecule has 2 aliphatic rings. The molecule has 0 aromatic carbocycles. The molecule has 1 saturated carbocycles. The molecule has 2 fully saturated rings. The van der Waals surface area contributed by atoms with E-state index < -0.39 is 5.60 Å². The highest BCUT2D eigenvalue weighted by Crippen LogP contribution is 2.43. The van der Waals surface area contributed by atoms with Crippen LogP contribution in [0.5, 0.6) is 0 Å². The quantitative estimate of drug-likeness (QED) is 0.759. The molecule has 0 unspecified atom stereocenters. The minimum absolute atomic E-state index is 0.240. The first kappa shape index (κ1) is 12.3. The van der Waals surface area contributed by atoms with Crippen LogP contribution in [0.4, 0.5) is 0 Å². The number of rotatable bonds is 4. The highest BCUT2D eigenvalue weighted by molar-refractivity contribution is 4.98. The van der Waals surface area contributed by atoms with E-state index >= 15 is 0 Å². The molecule has 1 aliphatic carbocycles. The first-order valence-electron chi connectivity index (χ1n) is 6.61. The van der Waals surface area contributed by atoms with E-state index in [1.165, 1.54) is 0 Å². The molecular formula is C13H25NO2. The molecule has 1 heterocycles. The second-order valence-electron chi connectivity index (χ2n) is 6.09. The molecule has 0 amide bonds. The van der Waals surface area contributed by atoms with Crippen molar-refractivity contribution in [1.82, 2.24) is 4.90 Å². The van der Waals surface area contributed by atoms with Crippen molar-refractivity contribution in [3.05, 3.63) is 0 Å². The third kappa shape index (κ3) is 2.41. The van der Waals surface area contributed by atoms with E-state index in [4.69, 9.17) is 0 Å². The van der Waals surface area contributed by atoms with Crippen LogP contribution in [0.3, 0.4) is 0 Å². The molecule has 1 aliphatic heterocycles. The Bertz CT molecular complexity index is 236. The van der Waals surface area contributed by atoms with Gasteiger partial charge in [-0.1, -0.05) is 13.8 Å². The standard InChI is InChI=1S/C13H25NO2/c1-10(2)11-6-13(16,7-11)9-14-5-3-4-12(14)8-15/h10-12,15-16H,3-9H2,1-2H3/t11-,12-,13+/m0/s1. The lowest BCUT2D eigenvalue weighted by Crippen LogP contribution is -2.54. The smallest absolute Gasteiger partial charge is 0.0779 e. The third-order valence-corrected chi connectivity index (χ3v) is 4.43. The van der Waals surface area contributed by atoms with Crippen molar-refractivity contribution in [2.75, 3.05) is 19.7 Å². The molecule has 0 aromatic rings. The lowest BCUT2D eigenvalue weighted by Gasteiger charge is -2.48. The molecule has 1 saturated heterocycles. The highest BCUT2D eigenvalue weighted by atomic mass is 16.3. The zero-order chi connectivity index (χ0) is 11.8. The normalized spacial score (nSPS) is 40.3. The summed E-state index contributed by atoms with van der Waals surface area (Å²) in [6, 6.07) is 0.294. The number of hydrogen-bond donors (Lipinski definition) is 2. The summed E-state index contributed by atoms with van der Waals surface area (Å²) >= 11 is 0. The second-order valence-corrected chi connectivity index (χ2v) is 6.09. The van der Waals surface area contributed by atoms with Crippen molar-refractivity contribution in [2.24, 2.45) is 11.8 Å². The number of likely N-dealkylation sites (tertiary alicyclic amines) is 1. The number of aliphatic hydroxyl groups excluding tert-OH is 1. The van der Waals surface area contributed by atoms with Crippen molar-refractivity contribution in [2.45, 2.75) is 51.2 Å². The van der Waals surface area contributed by atoms with Crippen LogP contribution in [-0.4, -0.2) is 46.5 Å². The van der Waals surface area contributed by atoms with Gasteiger partial charge in [-0.3, -0.25) is 4.90 Å². The van der Waals surface area contributed by atoms with Crippen LogP contribution in [0.25, 0.3) is 0 Å². The Labute approximate surface area is 98.5 Å². The van der Waals surface area contributed by atoms with Crippen LogP contribution >= 0.6 is 0 Å². The second kappa shape index (κ2) is 4.63. The predicted molar refractivity (Wildman–Crippen MR) is 64.2 cm³/mol. The van der Waals surface area contributed by atoms with Crippen LogP contribution in [0.15, 0.2) is 0 Å². The Morgan fingerprint density at radius 2 is 2.06 bits per heavy atom. The summed E-state index contributed by atoms with van der Waals surface area (Å²) in [5.41, 5.74) is -0.466. The fourth-order valence-corrected chi connectivity index (χ4v) is 3.20. The van der Waals surface area contributed by atoms with Gasteiger partial charge in [-0.05, 0) is 44.1 Å². The Balaban J connectivity index is 1.82. The lowest BCUT2D eigenvalue weighted by atomic mass is 9.66. The topological polar surface area (TPSA) is 43.7 Å². The summed E-state index contributed by atoms with van der Waals surface area (Å²) in [5, 5.41) is 19.6. The molecule has 16 heavy (non-hydrogen) atoms. The highest BCUT2D eigenvalue weighted by Gasteiger charge is 2.45. The van der Waals surface area contributed by atoms with Gasteiger partial charge >= 0.3 is 0 Å². The van der Waals surface area contributed by atoms with E-state index in [0.717, 1.165) is 38.8 Å². The van der Waals surface area contributed by atoms with Crippen molar-refractivity contribution in [1.29, 1.82) is 0 Å². The van der Waals surface area contributed by atoms with Crippen molar-refractivity contribution < 1.29 is 10.2 Å². The number of hydrogen-bond acceptors (Lipinski definition) is 3. The van der Waals surface area contributed by atoms with Gasteiger partial charge in [0.05, 0.1) is 12.2 Å². The predicted octanol–water partition coefficient (Wildman–Crippen LogP) is 1.24. The fourth-order valence-electron chi connectivity index (χ4n) is 3.20. The van der Waals surface area contributed by atoms with Gasteiger partial charge in [0.15, 0.2) is 0 Å². The van der Waals surface area contributed by atoms with Crippen LogP contribution in [0, 0.1) is 11.8 Å². The van der Waals surface area contributed by atoms with Crippen LogP contribution < -0.4 is 0 Å². The summed E-state index contributed by atoms with van der Waals surface area (Å²) in [6.07, 6.45) is 4.13. The summed E-state index contributed by atoms with van der Waals surface area (Å²) in [6.45, 7) is 6.51. The van der Waals surface area contributed by atoms with Crippen molar-refractivity contribution in [3.8, 4) is 0 Å². The molecule has 3 heteroatoms. The van der Waals surface area contributed by atoms with Crippen LogP contribution in [0.1, 0.15) is 39.5 Å². The minimum atomic E-state index is -0.466. The van der Waals surface area contributed by atoms with E-state index in [2.05, 4.69) is 18.7 Å².